The lowest BCUT2D eigenvalue weighted by Gasteiger charge is -2.30. The van der Waals surface area contributed by atoms with Crippen molar-refractivity contribution in [2.24, 2.45) is 0 Å². The van der Waals surface area contributed by atoms with Gasteiger partial charge in [0.25, 0.3) is 5.91 Å². The predicted molar refractivity (Wildman–Crippen MR) is 121 cm³/mol. The minimum Gasteiger partial charge on any atom is -0.326 e. The second kappa shape index (κ2) is 9.40. The average molecular weight is 399 g/mol. The topological polar surface area (TPSA) is 49.4 Å². The molecule has 1 aliphatic heterocycles. The fraction of sp³-hybridized carbons (Fsp3) is 0.231. The lowest BCUT2D eigenvalue weighted by molar-refractivity contribution is -0.116. The Labute approximate surface area is 177 Å². The summed E-state index contributed by atoms with van der Waals surface area (Å²) in [6, 6.07) is 25.5. The smallest absolute Gasteiger partial charge is 0.258 e. The van der Waals surface area contributed by atoms with Crippen molar-refractivity contribution in [3.63, 3.8) is 0 Å². The van der Waals surface area contributed by atoms with Crippen molar-refractivity contribution in [2.75, 3.05) is 16.8 Å². The van der Waals surface area contributed by atoms with Crippen LogP contribution in [-0.2, 0) is 17.6 Å². The number of carbonyl (C=O) groups is 2. The fourth-order valence-corrected chi connectivity index (χ4v) is 3.94. The van der Waals surface area contributed by atoms with Gasteiger partial charge in [0.2, 0.25) is 5.91 Å². The van der Waals surface area contributed by atoms with Crippen molar-refractivity contribution in [1.82, 2.24) is 0 Å². The molecule has 0 radical (unpaired) electrons. The highest BCUT2D eigenvalue weighted by Crippen LogP contribution is 2.31. The van der Waals surface area contributed by atoms with Gasteiger partial charge in [0.05, 0.1) is 0 Å². The van der Waals surface area contributed by atoms with Crippen molar-refractivity contribution < 1.29 is 9.59 Å². The van der Waals surface area contributed by atoms with Gasteiger partial charge in [-0.1, -0.05) is 48.5 Å². The van der Waals surface area contributed by atoms with E-state index in [1.54, 1.807) is 0 Å². The van der Waals surface area contributed by atoms with Crippen LogP contribution in [0.15, 0.2) is 78.9 Å². The van der Waals surface area contributed by atoms with Gasteiger partial charge in [0, 0.05) is 29.9 Å². The van der Waals surface area contributed by atoms with Gasteiger partial charge in [-0.15, -0.1) is 0 Å². The monoisotopic (exact) mass is 398 g/mol. The van der Waals surface area contributed by atoms with Crippen molar-refractivity contribution >= 4 is 23.2 Å². The molecule has 0 saturated carbocycles. The van der Waals surface area contributed by atoms with E-state index in [1.807, 2.05) is 71.6 Å². The number of anilines is 2. The summed E-state index contributed by atoms with van der Waals surface area (Å²) in [7, 11) is 0. The molecule has 0 aromatic heterocycles. The van der Waals surface area contributed by atoms with Crippen LogP contribution >= 0.6 is 0 Å². The number of nitrogens with one attached hydrogen (secondary N) is 1. The predicted octanol–water partition coefficient (Wildman–Crippen LogP) is 5.24. The van der Waals surface area contributed by atoms with E-state index in [-0.39, 0.29) is 11.8 Å². The van der Waals surface area contributed by atoms with Crippen LogP contribution in [0.1, 0.15) is 40.7 Å². The number of nitrogens with zero attached hydrogens (tertiary/aromatic N) is 1. The summed E-state index contributed by atoms with van der Waals surface area (Å²) >= 11 is 0. The first-order valence-electron chi connectivity index (χ1n) is 10.5. The maximum absolute atomic E-state index is 12.9. The molecule has 152 valence electrons. The molecule has 0 saturated heterocycles. The van der Waals surface area contributed by atoms with E-state index < -0.39 is 0 Å². The zero-order valence-electron chi connectivity index (χ0n) is 17.0. The van der Waals surface area contributed by atoms with Crippen LogP contribution in [0.4, 0.5) is 11.4 Å². The molecule has 1 aliphatic rings. The van der Waals surface area contributed by atoms with Crippen LogP contribution in [0.2, 0.25) is 0 Å². The molecule has 0 fully saturated rings. The Morgan fingerprint density at radius 3 is 2.40 bits per heavy atom. The van der Waals surface area contributed by atoms with E-state index in [9.17, 15) is 9.59 Å². The molecule has 4 heteroatoms. The molecule has 0 aliphatic carbocycles. The Bertz CT molecular complexity index is 1020. The molecule has 1 heterocycles. The van der Waals surface area contributed by atoms with Crippen molar-refractivity contribution in [1.29, 1.82) is 0 Å². The third-order valence-corrected chi connectivity index (χ3v) is 5.46. The first-order valence-corrected chi connectivity index (χ1v) is 10.5. The number of aryl methyl sites for hydroxylation is 2. The average Bonchev–Trinajstić information content (AvgIpc) is 2.79. The molecule has 1 N–H and O–H groups in total. The second-order valence-electron chi connectivity index (χ2n) is 7.66. The van der Waals surface area contributed by atoms with E-state index >= 15 is 0 Å². The largest absolute Gasteiger partial charge is 0.326 e. The molecule has 3 aromatic rings. The number of amides is 2. The number of hydrogen-bond donors (Lipinski definition) is 1. The zero-order valence-corrected chi connectivity index (χ0v) is 17.0. The Balaban J connectivity index is 1.38. The summed E-state index contributed by atoms with van der Waals surface area (Å²) in [5.74, 6) is 0.0492. The molecule has 2 amide bonds. The van der Waals surface area contributed by atoms with Crippen molar-refractivity contribution in [3.05, 3.63) is 95.6 Å². The van der Waals surface area contributed by atoms with E-state index in [0.717, 1.165) is 42.6 Å². The summed E-state index contributed by atoms with van der Waals surface area (Å²) in [5, 5.41) is 3.01. The van der Waals surface area contributed by atoms with Gasteiger partial charge < -0.3 is 10.2 Å². The minimum atomic E-state index is 0.0225. The number of carbonyl (C=O) groups excluding carboxylic acids is 2. The third kappa shape index (κ3) is 4.77. The number of fused-ring (bicyclic) bond motifs is 1. The van der Waals surface area contributed by atoms with Gasteiger partial charge in [0.15, 0.2) is 0 Å². The van der Waals surface area contributed by atoms with Gasteiger partial charge >= 0.3 is 0 Å². The highest BCUT2D eigenvalue weighted by molar-refractivity contribution is 6.07. The van der Waals surface area contributed by atoms with Crippen LogP contribution in [0.25, 0.3) is 0 Å². The van der Waals surface area contributed by atoms with Crippen molar-refractivity contribution in [2.45, 2.75) is 32.1 Å². The summed E-state index contributed by atoms with van der Waals surface area (Å²) in [5.41, 5.74) is 4.79. The number of hydrogen-bond acceptors (Lipinski definition) is 2. The van der Waals surface area contributed by atoms with Crippen molar-refractivity contribution in [3.8, 4) is 0 Å². The highest BCUT2D eigenvalue weighted by atomic mass is 16.2. The summed E-state index contributed by atoms with van der Waals surface area (Å²) < 4.78 is 0. The van der Waals surface area contributed by atoms with Gasteiger partial charge in [-0.05, 0) is 67.1 Å². The Kier molecular flexibility index (Phi) is 6.23. The molecule has 0 unspecified atom stereocenters. The molecular formula is C26H26N2O2. The standard InChI is InChI=1S/C26H26N2O2/c29-25(15-7-11-20-9-3-1-4-10-20)27-23-16-17-24-22(19-23)14-8-18-28(24)26(30)21-12-5-2-6-13-21/h1-6,9-10,12-13,16-17,19H,7-8,11,14-15,18H2,(H,27,29). The molecular weight excluding hydrogens is 372 g/mol. The van der Waals surface area contributed by atoms with E-state index in [1.165, 1.54) is 5.56 Å². The van der Waals surface area contributed by atoms with Crippen LogP contribution in [0.3, 0.4) is 0 Å². The summed E-state index contributed by atoms with van der Waals surface area (Å²) in [4.78, 5) is 27.1. The zero-order chi connectivity index (χ0) is 20.8. The van der Waals surface area contributed by atoms with Gasteiger partial charge in [-0.2, -0.15) is 0 Å². The fourth-order valence-electron chi connectivity index (χ4n) is 3.94. The Morgan fingerprint density at radius 1 is 0.900 bits per heavy atom. The minimum absolute atomic E-state index is 0.0225. The van der Waals surface area contributed by atoms with Gasteiger partial charge in [-0.25, -0.2) is 0 Å². The van der Waals surface area contributed by atoms with Crippen LogP contribution < -0.4 is 10.2 Å². The first-order chi connectivity index (χ1) is 14.7. The Hall–Kier alpha value is -3.40. The summed E-state index contributed by atoms with van der Waals surface area (Å²) in [6.07, 6.45) is 4.03. The molecule has 3 aromatic carbocycles. The molecule has 0 atom stereocenters. The third-order valence-electron chi connectivity index (χ3n) is 5.46. The van der Waals surface area contributed by atoms with Crippen LogP contribution in [-0.4, -0.2) is 18.4 Å². The molecule has 4 rings (SSSR count). The molecule has 0 bridgehead atoms. The number of benzene rings is 3. The first kappa shape index (κ1) is 19.9. The lowest BCUT2D eigenvalue weighted by Crippen LogP contribution is -2.35. The second-order valence-corrected chi connectivity index (χ2v) is 7.66. The van der Waals surface area contributed by atoms with Gasteiger partial charge in [-0.3, -0.25) is 9.59 Å². The number of rotatable bonds is 6. The van der Waals surface area contributed by atoms with Crippen LogP contribution in [0.5, 0.6) is 0 Å². The molecule has 0 spiro atoms. The lowest BCUT2D eigenvalue weighted by atomic mass is 10.00. The SMILES string of the molecule is O=C(CCCc1ccccc1)Nc1ccc2c(c1)CCCN2C(=O)c1ccccc1. The molecule has 4 nitrogen and oxygen atoms in total. The van der Waals surface area contributed by atoms with E-state index in [2.05, 4.69) is 17.4 Å². The van der Waals surface area contributed by atoms with Crippen LogP contribution in [0, 0.1) is 0 Å². The molecule has 30 heavy (non-hydrogen) atoms. The maximum atomic E-state index is 12.9. The van der Waals surface area contributed by atoms with E-state index in [4.69, 9.17) is 0 Å². The van der Waals surface area contributed by atoms with Gasteiger partial charge in [0.1, 0.15) is 0 Å². The highest BCUT2D eigenvalue weighted by Gasteiger charge is 2.23. The quantitative estimate of drug-likeness (QED) is 0.617. The summed E-state index contributed by atoms with van der Waals surface area (Å²) in [6.45, 7) is 0.714. The van der Waals surface area contributed by atoms with E-state index in [0.29, 0.717) is 18.5 Å². The maximum Gasteiger partial charge on any atom is 0.258 e. The Morgan fingerprint density at radius 2 is 1.63 bits per heavy atom. The normalized spacial score (nSPS) is 12.9.